The molecule has 0 amide bonds. The van der Waals surface area contributed by atoms with E-state index in [0.29, 0.717) is 0 Å². The number of imidazole rings is 1. The number of phosphoric ester groups is 1. The number of aromatic nitrogens is 2. The lowest BCUT2D eigenvalue weighted by atomic mass is 10.0. The van der Waals surface area contributed by atoms with Crippen LogP contribution in [-0.2, 0) is 26.7 Å². The molecule has 1 aromatic heterocycles. The van der Waals surface area contributed by atoms with Crippen molar-refractivity contribution in [2.45, 2.75) is 169 Å². The molecule has 0 atom stereocenters. The van der Waals surface area contributed by atoms with Gasteiger partial charge in [-0.2, -0.15) is 0 Å². The van der Waals surface area contributed by atoms with E-state index in [1.54, 1.807) is 0 Å². The fourth-order valence-corrected chi connectivity index (χ4v) is 4.99. The van der Waals surface area contributed by atoms with Crippen molar-refractivity contribution in [3.05, 3.63) is 18.7 Å². The van der Waals surface area contributed by atoms with E-state index < -0.39 is 7.82 Å². The molecule has 1 rings (SSSR count). The molecule has 0 unspecified atom stereocenters. The van der Waals surface area contributed by atoms with Crippen LogP contribution in [0.2, 0.25) is 0 Å². The normalized spacial score (nSPS) is 11.5. The number of aryl methyl sites for hydroxylation is 2. The van der Waals surface area contributed by atoms with E-state index >= 15 is 0 Å². The fraction of sp³-hybridized carbons (Fsp3) is 0.903. The van der Waals surface area contributed by atoms with Crippen molar-refractivity contribution < 1.29 is 23.1 Å². The first-order valence-electron chi connectivity index (χ1n) is 16.1. The van der Waals surface area contributed by atoms with Crippen LogP contribution in [0.25, 0.3) is 0 Å². The monoisotopic (exact) mass is 558 g/mol. The van der Waals surface area contributed by atoms with E-state index in [2.05, 4.69) is 50.8 Å². The van der Waals surface area contributed by atoms with Gasteiger partial charge in [-0.1, -0.05) is 124 Å². The topological polar surface area (TPSA) is 67.4 Å². The van der Waals surface area contributed by atoms with Gasteiger partial charge in [0.2, 0.25) is 6.33 Å². The first-order chi connectivity index (χ1) is 18.5. The molecule has 0 aliphatic carbocycles. The molecule has 0 spiro atoms. The van der Waals surface area contributed by atoms with Gasteiger partial charge in [0.05, 0.1) is 26.3 Å². The van der Waals surface area contributed by atoms with Gasteiger partial charge in [-0.15, -0.1) is 0 Å². The van der Waals surface area contributed by atoms with Crippen LogP contribution < -0.4 is 9.46 Å². The lowest BCUT2D eigenvalue weighted by Gasteiger charge is -2.22. The highest BCUT2D eigenvalue weighted by molar-refractivity contribution is 7.45. The molecule has 0 bridgehead atoms. The maximum Gasteiger partial charge on any atom is 0.267 e. The summed E-state index contributed by atoms with van der Waals surface area (Å²) in [6, 6.07) is 0. The summed E-state index contributed by atoms with van der Waals surface area (Å²) >= 11 is 0. The van der Waals surface area contributed by atoms with E-state index in [4.69, 9.17) is 0 Å². The zero-order valence-electron chi connectivity index (χ0n) is 25.7. The Morgan fingerprint density at radius 1 is 0.632 bits per heavy atom. The predicted molar refractivity (Wildman–Crippen MR) is 159 cm³/mol. The first-order valence-corrected chi connectivity index (χ1v) is 17.6. The van der Waals surface area contributed by atoms with Crippen LogP contribution in [0.1, 0.15) is 156 Å². The minimum atomic E-state index is -4.00. The second-order valence-corrected chi connectivity index (χ2v) is 12.1. The smallest absolute Gasteiger partial charge is 0.267 e. The van der Waals surface area contributed by atoms with Crippen LogP contribution in [0.3, 0.4) is 0 Å². The number of unbranched alkanes of at least 4 members (excludes halogenated alkanes) is 16. The van der Waals surface area contributed by atoms with Gasteiger partial charge in [-0.05, 0) is 32.1 Å². The number of nitrogens with zero attached hydrogens (tertiary/aromatic N) is 2. The molecule has 1 aromatic rings. The molecule has 0 aliphatic heterocycles. The maximum absolute atomic E-state index is 11.0. The molecule has 0 N–H and O–H groups in total. The summed E-state index contributed by atoms with van der Waals surface area (Å²) in [5.41, 5.74) is 0. The van der Waals surface area contributed by atoms with Crippen LogP contribution in [0, 0.1) is 0 Å². The molecule has 0 radical (unpaired) electrons. The number of rotatable bonds is 26. The van der Waals surface area contributed by atoms with Crippen molar-refractivity contribution in [2.24, 2.45) is 0 Å². The fourth-order valence-electron chi connectivity index (χ4n) is 4.21. The summed E-state index contributed by atoms with van der Waals surface area (Å²) in [5.74, 6) is 0. The molecule has 0 saturated heterocycles. The highest BCUT2D eigenvalue weighted by Crippen LogP contribution is 2.38. The zero-order valence-corrected chi connectivity index (χ0v) is 26.6. The summed E-state index contributed by atoms with van der Waals surface area (Å²) in [7, 11) is -4.00. The van der Waals surface area contributed by atoms with E-state index in [-0.39, 0.29) is 13.2 Å². The summed E-state index contributed by atoms with van der Waals surface area (Å²) in [5, 5.41) is 0. The first kappa shape index (κ1) is 37.3. The largest absolute Gasteiger partial charge is 0.756 e. The number of hydrogen-bond acceptors (Lipinski definition) is 4. The lowest BCUT2D eigenvalue weighted by Crippen LogP contribution is -2.30. The Balaban J connectivity index is 0.000000889. The number of phosphoric acid groups is 1. The van der Waals surface area contributed by atoms with Crippen LogP contribution in [0.4, 0.5) is 0 Å². The third-order valence-electron chi connectivity index (χ3n) is 6.78. The Kier molecular flexibility index (Phi) is 27.4. The average Bonchev–Trinajstić information content (AvgIpc) is 3.36. The van der Waals surface area contributed by atoms with Gasteiger partial charge in [-0.3, -0.25) is 4.57 Å². The Hall–Kier alpha value is -0.680. The highest BCUT2D eigenvalue weighted by atomic mass is 31.2. The summed E-state index contributed by atoms with van der Waals surface area (Å²) in [4.78, 5) is 11.0. The molecule has 38 heavy (non-hydrogen) atoms. The second kappa shape index (κ2) is 27.9. The van der Waals surface area contributed by atoms with Gasteiger partial charge in [0, 0.05) is 0 Å². The third-order valence-corrected chi connectivity index (χ3v) is 7.78. The van der Waals surface area contributed by atoms with Crippen molar-refractivity contribution in [1.82, 2.24) is 4.57 Å². The van der Waals surface area contributed by atoms with E-state index in [9.17, 15) is 9.46 Å². The zero-order chi connectivity index (χ0) is 28.2. The SMILES string of the molecule is CCCCCCCCCCCCCCCCn1cc[n+](CCCC)c1.CCCCOP(=O)([O-])OCCCC. The molecule has 6 nitrogen and oxygen atoms in total. The van der Waals surface area contributed by atoms with Gasteiger partial charge in [0.15, 0.2) is 0 Å². The maximum atomic E-state index is 11.0. The summed E-state index contributed by atoms with van der Waals surface area (Å²) in [6.07, 6.45) is 32.7. The van der Waals surface area contributed by atoms with Crippen molar-refractivity contribution in [3.8, 4) is 0 Å². The van der Waals surface area contributed by atoms with Gasteiger partial charge in [0.25, 0.3) is 7.82 Å². The van der Waals surface area contributed by atoms with Crippen molar-refractivity contribution in [2.75, 3.05) is 13.2 Å². The third kappa shape index (κ3) is 25.6. The van der Waals surface area contributed by atoms with Crippen LogP contribution in [0.5, 0.6) is 0 Å². The van der Waals surface area contributed by atoms with Crippen molar-refractivity contribution in [1.29, 1.82) is 0 Å². The molecule has 226 valence electrons. The van der Waals surface area contributed by atoms with Crippen molar-refractivity contribution >= 4 is 7.82 Å². The van der Waals surface area contributed by atoms with E-state index in [1.165, 1.54) is 116 Å². The molecular weight excluding hydrogens is 495 g/mol. The summed E-state index contributed by atoms with van der Waals surface area (Å²) in [6.45, 7) is 11.3. The predicted octanol–water partition coefficient (Wildman–Crippen LogP) is 9.15. The summed E-state index contributed by atoms with van der Waals surface area (Å²) < 4.78 is 24.8. The van der Waals surface area contributed by atoms with E-state index in [0.717, 1.165) is 25.7 Å². The van der Waals surface area contributed by atoms with Gasteiger partial charge in [-0.25, -0.2) is 9.13 Å². The molecule has 0 saturated carbocycles. The van der Waals surface area contributed by atoms with Crippen LogP contribution in [-0.4, -0.2) is 17.8 Å². The molecule has 0 fully saturated rings. The molecular formula is C31H63N2O4P. The van der Waals surface area contributed by atoms with Crippen molar-refractivity contribution in [3.63, 3.8) is 0 Å². The Labute approximate surface area is 236 Å². The van der Waals surface area contributed by atoms with Gasteiger partial charge in [0.1, 0.15) is 12.4 Å². The Morgan fingerprint density at radius 2 is 1.05 bits per heavy atom. The van der Waals surface area contributed by atoms with Gasteiger partial charge >= 0.3 is 0 Å². The minimum absolute atomic E-state index is 0.226. The average molecular weight is 559 g/mol. The van der Waals surface area contributed by atoms with Gasteiger partial charge < -0.3 is 13.9 Å². The minimum Gasteiger partial charge on any atom is -0.756 e. The standard InChI is InChI=1S/C23H45N2.C8H19O4P/c1-3-5-7-8-9-10-11-12-13-14-15-16-17-18-20-25-22-21-24(23-25)19-6-4-2;1-3-5-7-11-13(9,10)12-8-6-4-2/h21-23H,3-20H2,1-2H3;3-8H2,1-2H3,(H,9,10)/q+1;/p-1. The van der Waals surface area contributed by atoms with Crippen LogP contribution in [0.15, 0.2) is 18.7 Å². The molecule has 1 heterocycles. The quantitative estimate of drug-likeness (QED) is 0.0646. The Morgan fingerprint density at radius 3 is 1.50 bits per heavy atom. The Bertz CT molecular complexity index is 640. The van der Waals surface area contributed by atoms with Crippen LogP contribution >= 0.6 is 7.82 Å². The molecule has 0 aromatic carbocycles. The highest BCUT2D eigenvalue weighted by Gasteiger charge is 2.07. The second-order valence-electron chi connectivity index (χ2n) is 10.7. The number of hydrogen-bond donors (Lipinski definition) is 0. The molecule has 7 heteroatoms. The van der Waals surface area contributed by atoms with E-state index in [1.807, 2.05) is 13.8 Å². The lowest BCUT2D eigenvalue weighted by molar-refractivity contribution is -0.696. The molecule has 0 aliphatic rings.